The number of amides is 1. The molecule has 1 amide bonds. The lowest BCUT2D eigenvalue weighted by Gasteiger charge is -2.29. The van der Waals surface area contributed by atoms with Gasteiger partial charge in [0.25, 0.3) is 5.91 Å². The first-order valence-electron chi connectivity index (χ1n) is 13.4. The van der Waals surface area contributed by atoms with Gasteiger partial charge in [0.1, 0.15) is 28.4 Å². The number of hydrogen-bond donors (Lipinski definition) is 0. The van der Waals surface area contributed by atoms with Gasteiger partial charge in [0.15, 0.2) is 5.82 Å². The van der Waals surface area contributed by atoms with E-state index in [2.05, 4.69) is 6.07 Å². The summed E-state index contributed by atoms with van der Waals surface area (Å²) in [5.74, 6) is -0.336. The fraction of sp³-hybridized carbons (Fsp3) is 0.250. The number of benzene rings is 3. The van der Waals surface area contributed by atoms with Gasteiger partial charge in [-0.2, -0.15) is 5.26 Å². The first-order valence-corrected chi connectivity index (χ1v) is 13.4. The van der Waals surface area contributed by atoms with Gasteiger partial charge in [-0.15, -0.1) is 0 Å². The molecule has 206 valence electrons. The number of likely N-dealkylation sites (tertiary alicyclic amines) is 1. The molecule has 6 rings (SSSR count). The minimum Gasteiger partial charge on any atom is -0.496 e. The second kappa shape index (κ2) is 10.2. The Hall–Kier alpha value is -4.97. The number of aryl methyl sites for hydroxylation is 1. The molecule has 0 saturated carbocycles. The Morgan fingerprint density at radius 3 is 2.54 bits per heavy atom. The Kier molecular flexibility index (Phi) is 6.54. The van der Waals surface area contributed by atoms with Crippen molar-refractivity contribution in [3.05, 3.63) is 89.5 Å². The normalized spacial score (nSPS) is 17.4. The highest BCUT2D eigenvalue weighted by atomic mass is 19.1. The van der Waals surface area contributed by atoms with Crippen LogP contribution in [0.1, 0.15) is 46.3 Å². The molecule has 1 saturated heterocycles. The second-order valence-electron chi connectivity index (χ2n) is 10.4. The van der Waals surface area contributed by atoms with Gasteiger partial charge in [0.05, 0.1) is 24.6 Å². The van der Waals surface area contributed by atoms with Crippen LogP contribution < -0.4 is 9.47 Å². The van der Waals surface area contributed by atoms with Crippen LogP contribution in [0.15, 0.2) is 66.7 Å². The van der Waals surface area contributed by atoms with Gasteiger partial charge in [-0.25, -0.2) is 14.2 Å². The number of rotatable bonds is 5. The average Bonchev–Trinajstić information content (AvgIpc) is 3.58. The molecule has 0 bridgehead atoms. The number of imidazole rings is 1. The van der Waals surface area contributed by atoms with Crippen LogP contribution in [0.25, 0.3) is 22.5 Å². The summed E-state index contributed by atoms with van der Waals surface area (Å²) in [4.78, 5) is 33.6. The predicted molar refractivity (Wildman–Crippen MR) is 149 cm³/mol. The number of nitriles is 1. The fourth-order valence-corrected chi connectivity index (χ4v) is 5.70. The molecule has 3 heterocycles. The summed E-state index contributed by atoms with van der Waals surface area (Å²) in [5.41, 5.74) is 2.65. The lowest BCUT2D eigenvalue weighted by molar-refractivity contribution is 0.0673. The maximum atomic E-state index is 13.9. The zero-order chi connectivity index (χ0) is 28.7. The number of hydrogen-bond acceptors (Lipinski definition) is 6. The van der Waals surface area contributed by atoms with Crippen LogP contribution in [0.5, 0.6) is 11.5 Å². The van der Waals surface area contributed by atoms with Crippen LogP contribution in [0.2, 0.25) is 0 Å². The van der Waals surface area contributed by atoms with Crippen molar-refractivity contribution in [1.82, 2.24) is 14.5 Å². The Morgan fingerprint density at radius 2 is 1.83 bits per heavy atom. The third-order valence-corrected chi connectivity index (χ3v) is 7.86. The number of halogens is 1. The molecule has 41 heavy (non-hydrogen) atoms. The van der Waals surface area contributed by atoms with Crippen LogP contribution in [0.4, 0.5) is 4.39 Å². The smallest absolute Gasteiger partial charge is 0.347 e. The highest BCUT2D eigenvalue weighted by Gasteiger charge is 2.42. The van der Waals surface area contributed by atoms with Crippen molar-refractivity contribution in [1.29, 1.82) is 5.26 Å². The molecule has 2 aliphatic heterocycles. The van der Waals surface area contributed by atoms with E-state index in [4.69, 9.17) is 14.5 Å². The number of aromatic nitrogens is 2. The van der Waals surface area contributed by atoms with Crippen LogP contribution in [0.3, 0.4) is 0 Å². The quantitative estimate of drug-likeness (QED) is 0.235. The summed E-state index contributed by atoms with van der Waals surface area (Å²) in [7, 11) is 1.50. The molecular weight excluding hydrogens is 523 g/mol. The zero-order valence-corrected chi connectivity index (χ0v) is 22.7. The fourth-order valence-electron chi connectivity index (χ4n) is 5.70. The van der Waals surface area contributed by atoms with Crippen molar-refractivity contribution in [3.63, 3.8) is 0 Å². The minimum absolute atomic E-state index is 0.206. The molecule has 0 radical (unpaired) electrons. The molecule has 3 aromatic carbocycles. The first kappa shape index (κ1) is 26.3. The third kappa shape index (κ3) is 4.51. The SMILES string of the molecule is COc1cc2c(cc1C(=O)Oc1ccccc1)-c1c(-c3ccc(F)cc3)nc(C(=O)N3CCC[C@]3(C)C#N)n1CC2. The van der Waals surface area contributed by atoms with Crippen LogP contribution in [-0.2, 0) is 13.0 Å². The van der Waals surface area contributed by atoms with Crippen LogP contribution in [-0.4, -0.2) is 45.5 Å². The summed E-state index contributed by atoms with van der Waals surface area (Å²) in [5, 5.41) is 9.84. The Labute approximate surface area is 236 Å². The minimum atomic E-state index is -0.923. The van der Waals surface area contributed by atoms with E-state index in [1.807, 2.05) is 16.7 Å². The zero-order valence-electron chi connectivity index (χ0n) is 22.7. The van der Waals surface area contributed by atoms with E-state index in [0.717, 1.165) is 12.0 Å². The lowest BCUT2D eigenvalue weighted by Crippen LogP contribution is -2.45. The van der Waals surface area contributed by atoms with Gasteiger partial charge in [-0.05, 0) is 80.3 Å². The van der Waals surface area contributed by atoms with E-state index in [0.29, 0.717) is 59.9 Å². The van der Waals surface area contributed by atoms with Crippen molar-refractivity contribution < 1.29 is 23.5 Å². The maximum absolute atomic E-state index is 13.9. The first-order chi connectivity index (χ1) is 19.8. The summed E-state index contributed by atoms with van der Waals surface area (Å²) >= 11 is 0. The van der Waals surface area contributed by atoms with Gasteiger partial charge in [-0.1, -0.05) is 18.2 Å². The number of methoxy groups -OCH3 is 1. The van der Waals surface area contributed by atoms with E-state index in [1.54, 1.807) is 54.3 Å². The number of ether oxygens (including phenoxy) is 2. The maximum Gasteiger partial charge on any atom is 0.347 e. The molecule has 1 atom stereocenters. The number of para-hydroxylation sites is 1. The molecular formula is C32H27FN4O4. The Bertz CT molecular complexity index is 1710. The van der Waals surface area contributed by atoms with Crippen molar-refractivity contribution >= 4 is 11.9 Å². The van der Waals surface area contributed by atoms with Crippen molar-refractivity contribution in [2.45, 2.75) is 38.3 Å². The van der Waals surface area contributed by atoms with Crippen LogP contribution >= 0.6 is 0 Å². The topological polar surface area (TPSA) is 97.5 Å². The standard InChI is InChI=1S/C32H27FN4O4/c1-32(19-34)14-6-15-37(32)30(38)29-35-27(20-9-11-22(33)12-10-20)28-24-18-25(31(39)41-23-7-4-3-5-8-23)26(40-2)17-21(24)13-16-36(28)29/h3-5,7-12,17-18H,6,13-16H2,1-2H3/t32-/m1/s1. The monoisotopic (exact) mass is 550 g/mol. The van der Waals surface area contributed by atoms with E-state index >= 15 is 0 Å². The largest absolute Gasteiger partial charge is 0.496 e. The summed E-state index contributed by atoms with van der Waals surface area (Å²) in [6, 6.07) is 20.5. The number of carbonyl (C=O) groups excluding carboxylic acids is 2. The molecule has 2 aliphatic rings. The predicted octanol–water partition coefficient (Wildman–Crippen LogP) is 5.66. The Morgan fingerprint density at radius 1 is 1.07 bits per heavy atom. The van der Waals surface area contributed by atoms with E-state index in [1.165, 1.54) is 19.2 Å². The average molecular weight is 551 g/mol. The number of fused-ring (bicyclic) bond motifs is 3. The second-order valence-corrected chi connectivity index (χ2v) is 10.4. The number of esters is 1. The molecule has 8 nitrogen and oxygen atoms in total. The number of nitrogens with zero attached hydrogens (tertiary/aromatic N) is 4. The summed E-state index contributed by atoms with van der Waals surface area (Å²) < 4.78 is 26.9. The van der Waals surface area contributed by atoms with Crippen molar-refractivity contribution in [2.75, 3.05) is 13.7 Å². The van der Waals surface area contributed by atoms with E-state index in [9.17, 15) is 19.2 Å². The molecule has 0 spiro atoms. The molecule has 1 aromatic heterocycles. The van der Waals surface area contributed by atoms with Crippen LogP contribution in [0, 0.1) is 17.1 Å². The molecule has 0 aliphatic carbocycles. The molecule has 0 N–H and O–H groups in total. The highest BCUT2D eigenvalue weighted by molar-refractivity contribution is 5.99. The highest BCUT2D eigenvalue weighted by Crippen LogP contribution is 2.42. The van der Waals surface area contributed by atoms with Gasteiger partial charge in [0.2, 0.25) is 0 Å². The number of carbonyl (C=O) groups is 2. The molecule has 9 heteroatoms. The van der Waals surface area contributed by atoms with Gasteiger partial charge in [0, 0.05) is 24.2 Å². The summed E-state index contributed by atoms with van der Waals surface area (Å²) in [6.07, 6.45) is 1.87. The van der Waals surface area contributed by atoms with Crippen molar-refractivity contribution in [3.8, 4) is 40.1 Å². The third-order valence-electron chi connectivity index (χ3n) is 7.86. The van der Waals surface area contributed by atoms with Gasteiger partial charge >= 0.3 is 5.97 Å². The molecule has 0 unspecified atom stereocenters. The lowest BCUT2D eigenvalue weighted by atomic mass is 9.92. The summed E-state index contributed by atoms with van der Waals surface area (Å²) in [6.45, 7) is 2.68. The molecule has 1 fully saturated rings. The van der Waals surface area contributed by atoms with Gasteiger partial charge < -0.3 is 18.9 Å². The Balaban J connectivity index is 1.52. The van der Waals surface area contributed by atoms with E-state index < -0.39 is 17.3 Å². The van der Waals surface area contributed by atoms with E-state index in [-0.39, 0.29) is 17.3 Å². The molecule has 4 aromatic rings. The van der Waals surface area contributed by atoms with Crippen molar-refractivity contribution in [2.24, 2.45) is 0 Å². The van der Waals surface area contributed by atoms with Gasteiger partial charge in [-0.3, -0.25) is 4.79 Å².